The van der Waals surface area contributed by atoms with E-state index in [2.05, 4.69) is 5.10 Å². The van der Waals surface area contributed by atoms with Gasteiger partial charge in [0.05, 0.1) is 17.2 Å². The SMILES string of the molecule is CCC1=NNC(C(F)(F)F)=C(C(=O)O)C1c1cccs1. The van der Waals surface area contributed by atoms with E-state index in [9.17, 15) is 23.1 Å². The number of aliphatic carboxylic acids is 1. The lowest BCUT2D eigenvalue weighted by molar-refractivity contribution is -0.134. The van der Waals surface area contributed by atoms with Gasteiger partial charge in [0.1, 0.15) is 5.70 Å². The number of carboxylic acid groups (broad SMARTS) is 1. The highest BCUT2D eigenvalue weighted by Crippen LogP contribution is 2.39. The summed E-state index contributed by atoms with van der Waals surface area (Å²) in [5.41, 5.74) is 0.216. The number of thiophene rings is 1. The molecule has 1 aliphatic heterocycles. The average molecular weight is 304 g/mol. The van der Waals surface area contributed by atoms with E-state index in [1.807, 2.05) is 5.43 Å². The summed E-state index contributed by atoms with van der Waals surface area (Å²) in [5.74, 6) is -2.56. The van der Waals surface area contributed by atoms with Crippen LogP contribution in [-0.2, 0) is 4.79 Å². The molecule has 2 rings (SSSR count). The normalized spacial score (nSPS) is 19.6. The Morgan fingerprint density at radius 1 is 1.55 bits per heavy atom. The molecular weight excluding hydrogens is 293 g/mol. The van der Waals surface area contributed by atoms with Crippen molar-refractivity contribution in [2.75, 3.05) is 0 Å². The maximum absolute atomic E-state index is 12.9. The number of rotatable bonds is 3. The molecule has 1 aliphatic rings. The first-order valence-corrected chi connectivity index (χ1v) is 6.64. The lowest BCUT2D eigenvalue weighted by atomic mass is 9.88. The quantitative estimate of drug-likeness (QED) is 0.902. The largest absolute Gasteiger partial charge is 0.478 e. The first kappa shape index (κ1) is 14.6. The molecule has 0 bridgehead atoms. The zero-order valence-electron chi connectivity index (χ0n) is 10.4. The monoisotopic (exact) mass is 304 g/mol. The molecule has 20 heavy (non-hydrogen) atoms. The first-order valence-electron chi connectivity index (χ1n) is 5.76. The molecule has 0 aromatic carbocycles. The zero-order chi connectivity index (χ0) is 14.9. The van der Waals surface area contributed by atoms with Crippen molar-refractivity contribution >= 4 is 23.0 Å². The topological polar surface area (TPSA) is 61.7 Å². The van der Waals surface area contributed by atoms with Gasteiger partial charge in [0, 0.05) is 4.88 Å². The van der Waals surface area contributed by atoms with Crippen molar-refractivity contribution in [3.05, 3.63) is 33.7 Å². The van der Waals surface area contributed by atoms with E-state index in [1.165, 1.54) is 11.3 Å². The number of carbonyl (C=O) groups is 1. The number of allylic oxidation sites excluding steroid dienone is 1. The van der Waals surface area contributed by atoms with Gasteiger partial charge in [-0.15, -0.1) is 11.3 Å². The summed E-state index contributed by atoms with van der Waals surface area (Å²) in [6.45, 7) is 1.72. The molecule has 0 radical (unpaired) electrons. The third-order valence-corrected chi connectivity index (χ3v) is 3.84. The second-order valence-corrected chi connectivity index (χ2v) is 5.09. The summed E-state index contributed by atoms with van der Waals surface area (Å²) >= 11 is 1.21. The minimum absolute atomic E-state index is 0.359. The Morgan fingerprint density at radius 2 is 2.25 bits per heavy atom. The second kappa shape index (κ2) is 5.28. The molecule has 4 nitrogen and oxygen atoms in total. The Kier molecular flexibility index (Phi) is 3.85. The van der Waals surface area contributed by atoms with Crippen molar-refractivity contribution in [3.63, 3.8) is 0 Å². The number of hydrogen-bond donors (Lipinski definition) is 2. The Hall–Kier alpha value is -1.83. The molecule has 2 heterocycles. The predicted octanol–water partition coefficient (Wildman–Crippen LogP) is 3.10. The van der Waals surface area contributed by atoms with E-state index in [-0.39, 0.29) is 0 Å². The van der Waals surface area contributed by atoms with Gasteiger partial charge < -0.3 is 5.11 Å². The van der Waals surface area contributed by atoms with E-state index in [1.54, 1.807) is 24.4 Å². The van der Waals surface area contributed by atoms with E-state index >= 15 is 0 Å². The van der Waals surface area contributed by atoms with E-state index in [4.69, 9.17) is 0 Å². The molecule has 1 atom stereocenters. The van der Waals surface area contributed by atoms with Gasteiger partial charge in [0.15, 0.2) is 0 Å². The predicted molar refractivity (Wildman–Crippen MR) is 68.6 cm³/mol. The van der Waals surface area contributed by atoms with Crippen LogP contribution < -0.4 is 5.43 Å². The number of hydrazone groups is 1. The van der Waals surface area contributed by atoms with Crippen molar-refractivity contribution in [2.45, 2.75) is 25.4 Å². The molecular formula is C12H11F3N2O2S. The number of hydrogen-bond acceptors (Lipinski definition) is 4. The minimum atomic E-state index is -4.79. The average Bonchev–Trinajstić information content (AvgIpc) is 2.89. The van der Waals surface area contributed by atoms with E-state index in [0.29, 0.717) is 17.0 Å². The van der Waals surface area contributed by atoms with Gasteiger partial charge in [-0.3, -0.25) is 5.43 Å². The van der Waals surface area contributed by atoms with Gasteiger partial charge in [0.25, 0.3) is 0 Å². The molecule has 0 amide bonds. The van der Waals surface area contributed by atoms with Crippen LogP contribution in [0, 0.1) is 0 Å². The standard InChI is InChI=1S/C12H11F3N2O2S/c1-2-6-8(7-4-3-5-20-7)9(11(18)19)10(17-16-6)12(13,14)15/h3-5,8,17H,2H2,1H3,(H,18,19). The van der Waals surface area contributed by atoms with Crippen LogP contribution in [0.25, 0.3) is 0 Å². The van der Waals surface area contributed by atoms with Crippen LogP contribution in [0.15, 0.2) is 33.9 Å². The molecule has 108 valence electrons. The lowest BCUT2D eigenvalue weighted by Crippen LogP contribution is -2.36. The van der Waals surface area contributed by atoms with Crippen LogP contribution in [0.2, 0.25) is 0 Å². The van der Waals surface area contributed by atoms with Crippen LogP contribution in [0.4, 0.5) is 13.2 Å². The summed E-state index contributed by atoms with van der Waals surface area (Å²) in [6.07, 6.45) is -4.43. The zero-order valence-corrected chi connectivity index (χ0v) is 11.2. The van der Waals surface area contributed by atoms with Gasteiger partial charge in [-0.2, -0.15) is 18.3 Å². The minimum Gasteiger partial charge on any atom is -0.478 e. The Bertz CT molecular complexity index is 576. The van der Waals surface area contributed by atoms with Crippen LogP contribution in [-0.4, -0.2) is 23.0 Å². The summed E-state index contributed by atoms with van der Waals surface area (Å²) in [4.78, 5) is 11.9. The third kappa shape index (κ3) is 2.55. The van der Waals surface area contributed by atoms with Crippen molar-refractivity contribution in [1.82, 2.24) is 5.43 Å². The van der Waals surface area contributed by atoms with Crippen LogP contribution in [0.3, 0.4) is 0 Å². The number of halogens is 3. The fourth-order valence-electron chi connectivity index (χ4n) is 2.06. The highest BCUT2D eigenvalue weighted by molar-refractivity contribution is 7.10. The fraction of sp³-hybridized carbons (Fsp3) is 0.333. The number of carboxylic acids is 1. The van der Waals surface area contributed by atoms with E-state index < -0.39 is 29.3 Å². The maximum atomic E-state index is 12.9. The van der Waals surface area contributed by atoms with Crippen LogP contribution in [0.1, 0.15) is 24.1 Å². The summed E-state index contributed by atoms with van der Waals surface area (Å²) < 4.78 is 38.8. The van der Waals surface area contributed by atoms with Crippen molar-refractivity contribution < 1.29 is 23.1 Å². The lowest BCUT2D eigenvalue weighted by Gasteiger charge is -2.27. The van der Waals surface area contributed by atoms with Gasteiger partial charge in [-0.25, -0.2) is 4.79 Å². The number of alkyl halides is 3. The van der Waals surface area contributed by atoms with Gasteiger partial charge in [-0.1, -0.05) is 13.0 Å². The molecule has 2 N–H and O–H groups in total. The highest BCUT2D eigenvalue weighted by atomic mass is 32.1. The first-order chi connectivity index (χ1) is 9.36. The Balaban J connectivity index is 2.62. The molecule has 1 unspecified atom stereocenters. The molecule has 0 spiro atoms. The molecule has 0 saturated carbocycles. The smallest absolute Gasteiger partial charge is 0.433 e. The van der Waals surface area contributed by atoms with Crippen LogP contribution in [0.5, 0.6) is 0 Å². The molecule has 8 heteroatoms. The number of nitrogens with one attached hydrogen (secondary N) is 1. The maximum Gasteiger partial charge on any atom is 0.433 e. The summed E-state index contributed by atoms with van der Waals surface area (Å²) in [5, 5.41) is 14.6. The van der Waals surface area contributed by atoms with Crippen LogP contribution >= 0.6 is 11.3 Å². The fourth-order valence-corrected chi connectivity index (χ4v) is 2.92. The Labute approximate surface area is 116 Å². The van der Waals surface area contributed by atoms with Gasteiger partial charge >= 0.3 is 12.1 Å². The Morgan fingerprint density at radius 3 is 2.70 bits per heavy atom. The molecule has 0 fully saturated rings. The highest BCUT2D eigenvalue weighted by Gasteiger charge is 2.44. The molecule has 1 aromatic rings. The molecule has 1 aromatic heterocycles. The molecule has 0 saturated heterocycles. The summed E-state index contributed by atoms with van der Waals surface area (Å²) in [7, 11) is 0. The number of nitrogens with zero attached hydrogens (tertiary/aromatic N) is 1. The molecule has 0 aliphatic carbocycles. The van der Waals surface area contributed by atoms with Crippen molar-refractivity contribution in [1.29, 1.82) is 0 Å². The third-order valence-electron chi connectivity index (χ3n) is 2.91. The second-order valence-electron chi connectivity index (χ2n) is 4.11. The van der Waals surface area contributed by atoms with Gasteiger partial charge in [-0.05, 0) is 17.9 Å². The van der Waals surface area contributed by atoms with Gasteiger partial charge in [0.2, 0.25) is 0 Å². The summed E-state index contributed by atoms with van der Waals surface area (Å²) in [6, 6.07) is 3.28. The van der Waals surface area contributed by atoms with Crippen molar-refractivity contribution in [3.8, 4) is 0 Å². The van der Waals surface area contributed by atoms with Crippen molar-refractivity contribution in [2.24, 2.45) is 5.10 Å². The van der Waals surface area contributed by atoms with E-state index in [0.717, 1.165) is 0 Å².